The lowest BCUT2D eigenvalue weighted by atomic mass is 10.2. The summed E-state index contributed by atoms with van der Waals surface area (Å²) in [7, 11) is 0. The van der Waals surface area contributed by atoms with Gasteiger partial charge in [0.1, 0.15) is 0 Å². The Hall–Kier alpha value is -1.05. The van der Waals surface area contributed by atoms with E-state index in [1.54, 1.807) is 0 Å². The van der Waals surface area contributed by atoms with Crippen molar-refractivity contribution in [3.63, 3.8) is 0 Å². The van der Waals surface area contributed by atoms with Gasteiger partial charge in [0.25, 0.3) is 0 Å². The Bertz CT molecular complexity index is 279. The summed E-state index contributed by atoms with van der Waals surface area (Å²) in [6.45, 7) is 9.20. The third-order valence-electron chi connectivity index (χ3n) is 2.02. The van der Waals surface area contributed by atoms with Gasteiger partial charge in [0.05, 0.1) is 11.4 Å². The van der Waals surface area contributed by atoms with Gasteiger partial charge in [-0.3, -0.25) is 4.98 Å². The van der Waals surface area contributed by atoms with E-state index in [0.717, 1.165) is 23.6 Å². The zero-order chi connectivity index (χ0) is 9.14. The van der Waals surface area contributed by atoms with Gasteiger partial charge >= 0.3 is 0 Å². The van der Waals surface area contributed by atoms with Gasteiger partial charge in [-0.25, -0.2) is 0 Å². The summed E-state index contributed by atoms with van der Waals surface area (Å²) in [6.07, 6.45) is 0. The van der Waals surface area contributed by atoms with Crippen molar-refractivity contribution >= 4 is 5.69 Å². The quantitative estimate of drug-likeness (QED) is 0.726. The highest BCUT2D eigenvalue weighted by Gasteiger charge is 2.00. The Kier molecular flexibility index (Phi) is 2.69. The zero-order valence-electron chi connectivity index (χ0n) is 8.23. The first-order valence-electron chi connectivity index (χ1n) is 4.34. The highest BCUT2D eigenvalue weighted by atomic mass is 14.9. The molecule has 2 heteroatoms. The minimum absolute atomic E-state index is 0.949. The van der Waals surface area contributed by atoms with Gasteiger partial charge in [-0.1, -0.05) is 0 Å². The Morgan fingerprint density at radius 1 is 1.25 bits per heavy atom. The molecule has 2 nitrogen and oxygen atoms in total. The minimum Gasteiger partial charge on any atom is -0.384 e. The first kappa shape index (κ1) is 9.04. The molecule has 0 radical (unpaired) electrons. The lowest BCUT2D eigenvalue weighted by molar-refractivity contribution is 1.07. The van der Waals surface area contributed by atoms with Crippen LogP contribution in [-0.2, 0) is 0 Å². The molecular formula is C10H16N2. The molecule has 0 unspecified atom stereocenters. The van der Waals surface area contributed by atoms with Crippen LogP contribution in [0.25, 0.3) is 0 Å². The summed E-state index contributed by atoms with van der Waals surface area (Å²) in [4.78, 5) is 4.43. The first-order chi connectivity index (χ1) is 5.65. The molecule has 1 rings (SSSR count). The van der Waals surface area contributed by atoms with E-state index >= 15 is 0 Å². The van der Waals surface area contributed by atoms with Gasteiger partial charge in [-0.2, -0.15) is 0 Å². The molecule has 0 bridgehead atoms. The molecule has 0 saturated heterocycles. The molecule has 1 heterocycles. The average Bonchev–Trinajstić information content (AvgIpc) is 2.01. The second-order valence-corrected chi connectivity index (χ2v) is 3.05. The number of aromatic nitrogens is 1. The van der Waals surface area contributed by atoms with Gasteiger partial charge in [0.2, 0.25) is 0 Å². The maximum Gasteiger partial charge on any atom is 0.0607 e. The van der Waals surface area contributed by atoms with E-state index in [1.165, 1.54) is 5.56 Å². The highest BCUT2D eigenvalue weighted by molar-refractivity contribution is 5.50. The molecule has 0 aliphatic carbocycles. The van der Waals surface area contributed by atoms with E-state index in [4.69, 9.17) is 0 Å². The zero-order valence-corrected chi connectivity index (χ0v) is 8.23. The summed E-state index contributed by atoms with van der Waals surface area (Å²) in [6, 6.07) is 2.15. The molecule has 12 heavy (non-hydrogen) atoms. The minimum atomic E-state index is 0.949. The third kappa shape index (κ3) is 1.76. The molecule has 66 valence electrons. The topological polar surface area (TPSA) is 24.9 Å². The molecule has 0 fully saturated rings. The number of aryl methyl sites for hydroxylation is 3. The molecule has 1 N–H and O–H groups in total. The maximum absolute atomic E-state index is 4.43. The average molecular weight is 164 g/mol. The highest BCUT2D eigenvalue weighted by Crippen LogP contribution is 2.15. The summed E-state index contributed by atoms with van der Waals surface area (Å²) < 4.78 is 0. The molecule has 1 aromatic rings. The molecule has 0 amide bonds. The Morgan fingerprint density at radius 3 is 2.50 bits per heavy atom. The molecule has 1 aromatic heterocycles. The van der Waals surface area contributed by atoms with Crippen LogP contribution in [0.15, 0.2) is 6.07 Å². The second-order valence-electron chi connectivity index (χ2n) is 3.05. The summed E-state index contributed by atoms with van der Waals surface area (Å²) in [5.74, 6) is 0. The van der Waals surface area contributed by atoms with Crippen LogP contribution in [0.2, 0.25) is 0 Å². The molecule has 0 spiro atoms. The van der Waals surface area contributed by atoms with Crippen LogP contribution in [0.1, 0.15) is 23.9 Å². The van der Waals surface area contributed by atoms with Crippen molar-refractivity contribution in [3.05, 3.63) is 23.0 Å². The fraction of sp³-hybridized carbons (Fsp3) is 0.500. The molecule has 0 aliphatic rings. The number of anilines is 1. The normalized spacial score (nSPS) is 10.0. The number of hydrogen-bond donors (Lipinski definition) is 1. The van der Waals surface area contributed by atoms with Crippen LogP contribution in [0, 0.1) is 20.8 Å². The predicted molar refractivity (Wildman–Crippen MR) is 52.6 cm³/mol. The lowest BCUT2D eigenvalue weighted by Crippen LogP contribution is -2.02. The lowest BCUT2D eigenvalue weighted by Gasteiger charge is -2.09. The van der Waals surface area contributed by atoms with Crippen LogP contribution in [0.5, 0.6) is 0 Å². The van der Waals surface area contributed by atoms with Crippen molar-refractivity contribution in [1.82, 2.24) is 4.98 Å². The second kappa shape index (κ2) is 3.57. The Morgan fingerprint density at radius 2 is 1.92 bits per heavy atom. The van der Waals surface area contributed by atoms with E-state index in [9.17, 15) is 0 Å². The molecule has 0 saturated carbocycles. The largest absolute Gasteiger partial charge is 0.384 e. The van der Waals surface area contributed by atoms with Crippen LogP contribution in [0.4, 0.5) is 5.69 Å². The van der Waals surface area contributed by atoms with Gasteiger partial charge in [0, 0.05) is 12.2 Å². The van der Waals surface area contributed by atoms with Crippen LogP contribution in [-0.4, -0.2) is 11.5 Å². The van der Waals surface area contributed by atoms with Gasteiger partial charge < -0.3 is 5.32 Å². The summed E-state index contributed by atoms with van der Waals surface area (Å²) >= 11 is 0. The molecule has 0 aliphatic heterocycles. The molecule has 0 atom stereocenters. The SMILES string of the molecule is CCNc1cc(C)c(C)nc1C. The fourth-order valence-electron chi connectivity index (χ4n) is 1.19. The summed E-state index contributed by atoms with van der Waals surface area (Å²) in [5, 5.41) is 3.28. The van der Waals surface area contributed by atoms with E-state index in [2.05, 4.69) is 30.2 Å². The van der Waals surface area contributed by atoms with Crippen molar-refractivity contribution in [2.24, 2.45) is 0 Å². The van der Waals surface area contributed by atoms with Crippen molar-refractivity contribution < 1.29 is 0 Å². The van der Waals surface area contributed by atoms with Crippen LogP contribution < -0.4 is 5.32 Å². The van der Waals surface area contributed by atoms with Crippen molar-refractivity contribution in [2.75, 3.05) is 11.9 Å². The Balaban J connectivity index is 3.05. The van der Waals surface area contributed by atoms with E-state index < -0.39 is 0 Å². The maximum atomic E-state index is 4.43. The number of pyridine rings is 1. The standard InChI is InChI=1S/C10H16N2/c1-5-11-10-6-7(2)8(3)12-9(10)4/h6,11H,5H2,1-4H3. The van der Waals surface area contributed by atoms with E-state index in [0.29, 0.717) is 0 Å². The predicted octanol–water partition coefficient (Wildman–Crippen LogP) is 2.44. The number of hydrogen-bond acceptors (Lipinski definition) is 2. The summed E-state index contributed by atoms with van der Waals surface area (Å²) in [5.41, 5.74) is 4.60. The smallest absolute Gasteiger partial charge is 0.0607 e. The van der Waals surface area contributed by atoms with E-state index in [1.807, 2.05) is 13.8 Å². The first-order valence-corrected chi connectivity index (χ1v) is 4.34. The Labute approximate surface area is 74.0 Å². The van der Waals surface area contributed by atoms with Crippen molar-refractivity contribution in [2.45, 2.75) is 27.7 Å². The third-order valence-corrected chi connectivity index (χ3v) is 2.02. The van der Waals surface area contributed by atoms with E-state index in [-0.39, 0.29) is 0 Å². The number of nitrogens with one attached hydrogen (secondary N) is 1. The van der Waals surface area contributed by atoms with Crippen molar-refractivity contribution in [3.8, 4) is 0 Å². The fourth-order valence-corrected chi connectivity index (χ4v) is 1.19. The van der Waals surface area contributed by atoms with Gasteiger partial charge in [-0.15, -0.1) is 0 Å². The van der Waals surface area contributed by atoms with Crippen molar-refractivity contribution in [1.29, 1.82) is 0 Å². The van der Waals surface area contributed by atoms with Gasteiger partial charge in [0.15, 0.2) is 0 Å². The monoisotopic (exact) mass is 164 g/mol. The molecular weight excluding hydrogens is 148 g/mol. The van der Waals surface area contributed by atoms with Gasteiger partial charge in [-0.05, 0) is 39.3 Å². The van der Waals surface area contributed by atoms with Crippen LogP contribution in [0.3, 0.4) is 0 Å². The van der Waals surface area contributed by atoms with Crippen LogP contribution >= 0.6 is 0 Å². The molecule has 0 aromatic carbocycles. The number of rotatable bonds is 2. The number of nitrogens with zero attached hydrogens (tertiary/aromatic N) is 1.